The van der Waals surface area contributed by atoms with Crippen molar-refractivity contribution >= 4 is 32.9 Å². The third-order valence-corrected chi connectivity index (χ3v) is 5.81. The van der Waals surface area contributed by atoms with Crippen LogP contribution in [0, 0.1) is 5.41 Å². The first-order valence-electron chi connectivity index (χ1n) is 8.75. The number of pyridine rings is 1. The number of hydrogen-bond donors (Lipinski definition) is 3. The number of nitrogens with one attached hydrogen (secondary N) is 3. The number of aromatic amines is 1. The van der Waals surface area contributed by atoms with Crippen LogP contribution in [0.25, 0.3) is 11.0 Å². The van der Waals surface area contributed by atoms with Crippen molar-refractivity contribution < 1.29 is 9.53 Å². The Labute approximate surface area is 154 Å². The van der Waals surface area contributed by atoms with Crippen molar-refractivity contribution in [2.24, 2.45) is 5.41 Å². The van der Waals surface area contributed by atoms with Crippen molar-refractivity contribution in [1.82, 2.24) is 25.8 Å². The number of halogens is 1. The van der Waals surface area contributed by atoms with Gasteiger partial charge in [-0.1, -0.05) is 0 Å². The molecular weight excluding hydrogens is 386 g/mol. The zero-order valence-corrected chi connectivity index (χ0v) is 15.6. The highest BCUT2D eigenvalue weighted by molar-refractivity contribution is 9.10. The fraction of sp³-hybridized carbons (Fsp3) is 0.588. The van der Waals surface area contributed by atoms with Gasteiger partial charge < -0.3 is 15.4 Å². The largest absolute Gasteiger partial charge is 0.376 e. The number of amides is 1. The molecule has 4 rings (SSSR count). The van der Waals surface area contributed by atoms with Crippen LogP contribution in [0.5, 0.6) is 0 Å². The Morgan fingerprint density at radius 3 is 3.00 bits per heavy atom. The fourth-order valence-electron chi connectivity index (χ4n) is 3.77. The highest BCUT2D eigenvalue weighted by Crippen LogP contribution is 2.38. The lowest BCUT2D eigenvalue weighted by atomic mass is 9.74. The van der Waals surface area contributed by atoms with Gasteiger partial charge in [0.25, 0.3) is 5.91 Å². The highest BCUT2D eigenvalue weighted by Gasteiger charge is 2.37. The Kier molecular flexibility index (Phi) is 4.75. The number of aromatic nitrogens is 3. The normalized spacial score (nSPS) is 23.0. The SMILES string of the molecule is O=C(NCC1CCC2(CCNCC2)CO1)c1[nH]nc2ncc(Br)cc12. The average molecular weight is 408 g/mol. The van der Waals surface area contributed by atoms with E-state index in [4.69, 9.17) is 4.74 Å². The van der Waals surface area contributed by atoms with Gasteiger partial charge in [-0.25, -0.2) is 4.98 Å². The summed E-state index contributed by atoms with van der Waals surface area (Å²) >= 11 is 3.38. The summed E-state index contributed by atoms with van der Waals surface area (Å²) in [5.74, 6) is -0.173. The zero-order valence-electron chi connectivity index (χ0n) is 14.0. The summed E-state index contributed by atoms with van der Waals surface area (Å²) in [4.78, 5) is 16.7. The van der Waals surface area contributed by atoms with Gasteiger partial charge >= 0.3 is 0 Å². The molecule has 25 heavy (non-hydrogen) atoms. The smallest absolute Gasteiger partial charge is 0.270 e. The molecule has 1 unspecified atom stereocenters. The standard InChI is InChI=1S/C17H22BrN5O2/c18-11-7-13-14(22-23-15(13)20-8-11)16(24)21-9-12-1-2-17(10-25-12)3-5-19-6-4-17/h7-8,12,19H,1-6,9-10H2,(H,21,24)(H,20,22,23). The van der Waals surface area contributed by atoms with Gasteiger partial charge in [-0.2, -0.15) is 5.10 Å². The number of H-pyrrole nitrogens is 1. The summed E-state index contributed by atoms with van der Waals surface area (Å²) in [6.07, 6.45) is 6.30. The van der Waals surface area contributed by atoms with E-state index in [2.05, 4.69) is 41.7 Å². The molecule has 0 saturated carbocycles. The molecule has 2 saturated heterocycles. The lowest BCUT2D eigenvalue weighted by Gasteiger charge is -2.43. The zero-order chi connectivity index (χ0) is 17.3. The Balaban J connectivity index is 1.34. The number of nitrogens with zero attached hydrogens (tertiary/aromatic N) is 2. The number of carbonyl (C=O) groups is 1. The molecule has 1 atom stereocenters. The third-order valence-electron chi connectivity index (χ3n) is 5.38. The first-order valence-corrected chi connectivity index (χ1v) is 9.55. The Morgan fingerprint density at radius 2 is 2.24 bits per heavy atom. The number of piperidine rings is 1. The summed E-state index contributed by atoms with van der Waals surface area (Å²) in [5.41, 5.74) is 1.33. The maximum absolute atomic E-state index is 12.5. The Hall–Kier alpha value is -1.51. The average Bonchev–Trinajstić information content (AvgIpc) is 3.05. The summed E-state index contributed by atoms with van der Waals surface area (Å²) in [6, 6.07) is 1.85. The van der Waals surface area contributed by atoms with Crippen LogP contribution in [-0.4, -0.2) is 53.4 Å². The summed E-state index contributed by atoms with van der Waals surface area (Å²) in [6.45, 7) is 3.50. The first kappa shape index (κ1) is 16.9. The van der Waals surface area contributed by atoms with E-state index >= 15 is 0 Å². The molecule has 0 radical (unpaired) electrons. The molecule has 2 aliphatic heterocycles. The van der Waals surface area contributed by atoms with Crippen molar-refractivity contribution in [3.05, 3.63) is 22.4 Å². The molecule has 1 amide bonds. The lowest BCUT2D eigenvalue weighted by molar-refractivity contribution is -0.0721. The van der Waals surface area contributed by atoms with E-state index in [9.17, 15) is 4.79 Å². The van der Waals surface area contributed by atoms with E-state index in [1.165, 1.54) is 19.3 Å². The molecule has 0 aromatic carbocycles. The minimum absolute atomic E-state index is 0.0866. The van der Waals surface area contributed by atoms with Crippen LogP contribution in [0.1, 0.15) is 36.2 Å². The first-order chi connectivity index (χ1) is 12.2. The second kappa shape index (κ2) is 7.01. The van der Waals surface area contributed by atoms with Crippen molar-refractivity contribution in [2.75, 3.05) is 26.2 Å². The molecule has 134 valence electrons. The Bertz CT molecular complexity index is 761. The molecule has 2 aliphatic rings. The van der Waals surface area contributed by atoms with E-state index in [1.54, 1.807) is 6.20 Å². The molecule has 2 aromatic heterocycles. The molecule has 7 nitrogen and oxygen atoms in total. The number of hydrogen-bond acceptors (Lipinski definition) is 5. The number of ether oxygens (including phenoxy) is 1. The summed E-state index contributed by atoms with van der Waals surface area (Å²) in [7, 11) is 0. The predicted molar refractivity (Wildman–Crippen MR) is 97.4 cm³/mol. The van der Waals surface area contributed by atoms with E-state index in [0.717, 1.165) is 30.6 Å². The topological polar surface area (TPSA) is 91.9 Å². The molecule has 1 spiro atoms. The minimum Gasteiger partial charge on any atom is -0.376 e. The quantitative estimate of drug-likeness (QED) is 0.723. The molecular formula is C17H22BrN5O2. The molecule has 0 aliphatic carbocycles. The Morgan fingerprint density at radius 1 is 1.40 bits per heavy atom. The third kappa shape index (κ3) is 3.56. The van der Waals surface area contributed by atoms with E-state index in [-0.39, 0.29) is 12.0 Å². The van der Waals surface area contributed by atoms with Crippen LogP contribution in [0.4, 0.5) is 0 Å². The van der Waals surface area contributed by atoms with E-state index < -0.39 is 0 Å². The van der Waals surface area contributed by atoms with Gasteiger partial charge in [0.1, 0.15) is 5.69 Å². The van der Waals surface area contributed by atoms with Gasteiger partial charge in [0.15, 0.2) is 5.65 Å². The molecule has 4 heterocycles. The minimum atomic E-state index is -0.173. The van der Waals surface area contributed by atoms with Crippen LogP contribution in [-0.2, 0) is 4.74 Å². The number of carbonyl (C=O) groups excluding carboxylic acids is 1. The van der Waals surface area contributed by atoms with Gasteiger partial charge in [-0.3, -0.25) is 9.89 Å². The highest BCUT2D eigenvalue weighted by atomic mass is 79.9. The van der Waals surface area contributed by atoms with E-state index in [0.29, 0.717) is 28.7 Å². The van der Waals surface area contributed by atoms with Gasteiger partial charge in [0.2, 0.25) is 0 Å². The maximum atomic E-state index is 12.5. The number of fused-ring (bicyclic) bond motifs is 1. The van der Waals surface area contributed by atoms with Gasteiger partial charge in [0.05, 0.1) is 18.1 Å². The van der Waals surface area contributed by atoms with Crippen LogP contribution in [0.2, 0.25) is 0 Å². The lowest BCUT2D eigenvalue weighted by Crippen LogP contribution is -2.46. The molecule has 3 N–H and O–H groups in total. The summed E-state index contributed by atoms with van der Waals surface area (Å²) in [5, 5.41) is 14.0. The fourth-order valence-corrected chi connectivity index (χ4v) is 4.10. The van der Waals surface area contributed by atoms with Gasteiger partial charge in [0, 0.05) is 17.2 Å². The van der Waals surface area contributed by atoms with E-state index in [1.807, 2.05) is 6.07 Å². The van der Waals surface area contributed by atoms with Gasteiger partial charge in [-0.15, -0.1) is 0 Å². The van der Waals surface area contributed by atoms with Crippen molar-refractivity contribution in [3.63, 3.8) is 0 Å². The van der Waals surface area contributed by atoms with Gasteiger partial charge in [-0.05, 0) is 66.2 Å². The van der Waals surface area contributed by atoms with Crippen LogP contribution >= 0.6 is 15.9 Å². The molecule has 8 heteroatoms. The van der Waals surface area contributed by atoms with Crippen molar-refractivity contribution in [3.8, 4) is 0 Å². The maximum Gasteiger partial charge on any atom is 0.270 e. The van der Waals surface area contributed by atoms with Crippen molar-refractivity contribution in [1.29, 1.82) is 0 Å². The van der Waals surface area contributed by atoms with Crippen molar-refractivity contribution in [2.45, 2.75) is 31.8 Å². The number of rotatable bonds is 3. The second-order valence-corrected chi connectivity index (χ2v) is 7.97. The van der Waals surface area contributed by atoms with Crippen LogP contribution in [0.3, 0.4) is 0 Å². The molecule has 0 bridgehead atoms. The monoisotopic (exact) mass is 407 g/mol. The predicted octanol–water partition coefficient (Wildman–Crippen LogP) is 2.00. The molecule has 2 fully saturated rings. The van der Waals surface area contributed by atoms with Crippen LogP contribution in [0.15, 0.2) is 16.7 Å². The summed E-state index contributed by atoms with van der Waals surface area (Å²) < 4.78 is 6.88. The second-order valence-electron chi connectivity index (χ2n) is 7.06. The van der Waals surface area contributed by atoms with Crippen LogP contribution < -0.4 is 10.6 Å². The molecule has 2 aromatic rings.